The molecular weight excluding hydrogens is 437 g/mol. The number of benzene rings is 1. The van der Waals surface area contributed by atoms with Gasteiger partial charge in [0.05, 0.1) is 20.7 Å². The normalized spacial score (nSPS) is 36.5. The molecule has 4 atom stereocenters. The number of nitrogens with zero attached hydrogens (tertiary/aromatic N) is 8. The van der Waals surface area contributed by atoms with E-state index < -0.39 is 42.1 Å². The summed E-state index contributed by atoms with van der Waals surface area (Å²) in [6, 6.07) is 1.17. The first-order valence-electron chi connectivity index (χ1n) is 13.6. The molecule has 3 aromatic rings. The van der Waals surface area contributed by atoms with Crippen molar-refractivity contribution in [1.29, 1.82) is 0 Å². The quantitative estimate of drug-likeness (QED) is 0.579. The number of anilines is 1. The van der Waals surface area contributed by atoms with Gasteiger partial charge < -0.3 is 15.3 Å². The second-order valence-corrected chi connectivity index (χ2v) is 9.72. The van der Waals surface area contributed by atoms with E-state index in [2.05, 4.69) is 35.9 Å². The Hall–Kier alpha value is -3.21. The molecule has 2 aromatic heterocycles. The molecule has 0 unspecified atom stereocenters. The number of aromatic nitrogens is 7. The number of hydrogen-bond donors (Lipinski definition) is 2. The Labute approximate surface area is 203 Å². The fourth-order valence-electron chi connectivity index (χ4n) is 5.27. The van der Waals surface area contributed by atoms with Crippen LogP contribution in [-0.4, -0.2) is 69.8 Å². The first kappa shape index (κ1) is 16.4. The highest BCUT2D eigenvalue weighted by molar-refractivity contribution is 5.71. The minimum atomic E-state index is -2.60. The number of phenols is 1. The summed E-state index contributed by atoms with van der Waals surface area (Å²) in [5.74, 6) is -0.0746. The van der Waals surface area contributed by atoms with Crippen LogP contribution in [0.3, 0.4) is 0 Å². The lowest BCUT2D eigenvalue weighted by Gasteiger charge is -2.48. The van der Waals surface area contributed by atoms with Crippen molar-refractivity contribution in [2.45, 2.75) is 75.2 Å². The first-order valence-corrected chi connectivity index (χ1v) is 11.1. The molecule has 0 amide bonds. The van der Waals surface area contributed by atoms with Crippen molar-refractivity contribution >= 4 is 5.95 Å². The second kappa shape index (κ2) is 7.39. The van der Waals surface area contributed by atoms with Crippen LogP contribution in [0.5, 0.6) is 5.75 Å². The highest BCUT2D eigenvalue weighted by atomic mass is 19.1. The van der Waals surface area contributed by atoms with Crippen molar-refractivity contribution in [2.75, 3.05) is 4.90 Å². The van der Waals surface area contributed by atoms with Crippen LogP contribution in [-0.2, 0) is 7.05 Å². The lowest BCUT2D eigenvalue weighted by Crippen LogP contribution is -2.66. The molecule has 11 heteroatoms. The van der Waals surface area contributed by atoms with Crippen molar-refractivity contribution in [3.63, 3.8) is 0 Å². The molecule has 1 aliphatic carbocycles. The topological polar surface area (TPSA) is 118 Å². The SMILES string of the molecule is [2H]C1([2H])C([2H])([2H])C1([2H])N(c1ncc(-c2ccc(-c3nnn(C)n3)cc2O)nn1)[C@@H]1C[C@@]2(C)CC[C@](C)(N2)[C@@H]1F. The van der Waals surface area contributed by atoms with E-state index in [0.717, 1.165) is 4.90 Å². The fourth-order valence-corrected chi connectivity index (χ4v) is 5.27. The molecule has 6 rings (SSSR count). The summed E-state index contributed by atoms with van der Waals surface area (Å²) < 4.78 is 58.2. The molecule has 2 bridgehead atoms. The molecule has 0 spiro atoms. The zero-order valence-electron chi connectivity index (χ0n) is 24.0. The number of alkyl halides is 1. The number of phenolic OH excluding ortho intramolecular Hbond substituents is 1. The lowest BCUT2D eigenvalue weighted by atomic mass is 9.82. The summed E-state index contributed by atoms with van der Waals surface area (Å²) in [6.45, 7) is 3.71. The van der Waals surface area contributed by atoms with E-state index >= 15 is 4.39 Å². The Balaban J connectivity index is 1.38. The standard InChI is InChI=1S/C23H28FN9O/c1-22-8-9-23(2,30-22)19(24)17(11-22)33(14-5-6-14)21-25-12-16(26-28-21)15-7-4-13(10-18(15)34)20-27-31-32(3)29-20/h4,7,10,12,14,17,19,30,34H,5-6,8-9,11H2,1-3H3/t17-,19-,22-,23+/m1/s1/i5D2,6D2,14D. The van der Waals surface area contributed by atoms with Gasteiger partial charge in [0, 0.05) is 33.7 Å². The van der Waals surface area contributed by atoms with E-state index in [1.165, 1.54) is 17.1 Å². The summed E-state index contributed by atoms with van der Waals surface area (Å²) in [5, 5.41) is 34.1. The maximum atomic E-state index is 16.1. The number of hydrogen-bond acceptors (Lipinski definition) is 9. The second-order valence-electron chi connectivity index (χ2n) is 9.72. The Kier molecular flexibility index (Phi) is 3.57. The molecule has 178 valence electrons. The molecule has 2 N–H and O–H groups in total. The van der Waals surface area contributed by atoms with E-state index in [4.69, 9.17) is 6.85 Å². The number of fused-ring (bicyclic) bond motifs is 2. The van der Waals surface area contributed by atoms with Crippen LogP contribution < -0.4 is 10.2 Å². The molecule has 1 aromatic carbocycles. The number of aryl methyl sites for hydroxylation is 1. The third-order valence-corrected chi connectivity index (χ3v) is 7.00. The van der Waals surface area contributed by atoms with E-state index in [1.807, 2.05) is 6.92 Å². The zero-order chi connectivity index (χ0) is 28.2. The maximum Gasteiger partial charge on any atom is 0.245 e. The van der Waals surface area contributed by atoms with Gasteiger partial charge in [-0.25, -0.2) is 9.37 Å². The highest BCUT2D eigenvalue weighted by Crippen LogP contribution is 2.47. The van der Waals surface area contributed by atoms with Gasteiger partial charge in [-0.1, -0.05) is 6.07 Å². The van der Waals surface area contributed by atoms with Gasteiger partial charge >= 0.3 is 0 Å². The Morgan fingerprint density at radius 3 is 2.74 bits per heavy atom. The van der Waals surface area contributed by atoms with Crippen LogP contribution in [0.4, 0.5) is 10.3 Å². The van der Waals surface area contributed by atoms with E-state index in [-0.39, 0.29) is 23.8 Å². The summed E-state index contributed by atoms with van der Waals surface area (Å²) in [5.41, 5.74) is -0.388. The molecule has 34 heavy (non-hydrogen) atoms. The van der Waals surface area contributed by atoms with Gasteiger partial charge in [0.2, 0.25) is 11.8 Å². The third-order valence-electron chi connectivity index (χ3n) is 7.00. The summed E-state index contributed by atoms with van der Waals surface area (Å²) in [6.07, 6.45) is -4.01. The van der Waals surface area contributed by atoms with Crippen molar-refractivity contribution in [1.82, 2.24) is 40.7 Å². The number of rotatable bonds is 5. The average molecular weight is 471 g/mol. The Morgan fingerprint density at radius 2 is 2.09 bits per heavy atom. The van der Waals surface area contributed by atoms with Gasteiger partial charge in [0.15, 0.2) is 0 Å². The molecule has 2 saturated heterocycles. The highest BCUT2D eigenvalue weighted by Gasteiger charge is 2.58. The van der Waals surface area contributed by atoms with Crippen molar-refractivity contribution in [2.24, 2.45) is 7.05 Å². The smallest absolute Gasteiger partial charge is 0.245 e. The number of nitrogens with one attached hydrogen (secondary N) is 1. The molecule has 10 nitrogen and oxygen atoms in total. The molecular formula is C23H28FN9O. The summed E-state index contributed by atoms with van der Waals surface area (Å²) >= 11 is 0. The monoisotopic (exact) mass is 470 g/mol. The molecule has 4 heterocycles. The van der Waals surface area contributed by atoms with Crippen LogP contribution in [0, 0.1) is 0 Å². The van der Waals surface area contributed by atoms with Gasteiger partial charge in [-0.3, -0.25) is 0 Å². The average Bonchev–Trinajstić information content (AvgIpc) is 3.28. The third kappa shape index (κ3) is 3.49. The molecule has 2 aliphatic heterocycles. The van der Waals surface area contributed by atoms with Crippen LogP contribution in [0.2, 0.25) is 0 Å². The molecule has 1 saturated carbocycles. The van der Waals surface area contributed by atoms with Gasteiger partial charge in [-0.2, -0.15) is 4.80 Å². The maximum absolute atomic E-state index is 16.1. The number of aromatic hydroxyl groups is 1. The number of piperidine rings is 1. The van der Waals surface area contributed by atoms with E-state index in [9.17, 15) is 5.11 Å². The minimum absolute atomic E-state index is 0.146. The summed E-state index contributed by atoms with van der Waals surface area (Å²) in [4.78, 5) is 6.65. The van der Waals surface area contributed by atoms with Crippen LogP contribution in [0.15, 0.2) is 24.4 Å². The zero-order valence-corrected chi connectivity index (χ0v) is 19.0. The van der Waals surface area contributed by atoms with E-state index in [1.54, 1.807) is 26.1 Å². The molecule has 3 fully saturated rings. The predicted molar refractivity (Wildman–Crippen MR) is 123 cm³/mol. The Morgan fingerprint density at radius 1 is 1.26 bits per heavy atom. The van der Waals surface area contributed by atoms with Crippen LogP contribution in [0.25, 0.3) is 22.6 Å². The fraction of sp³-hybridized carbons (Fsp3) is 0.565. The van der Waals surface area contributed by atoms with Crippen molar-refractivity contribution in [3.05, 3.63) is 24.4 Å². The van der Waals surface area contributed by atoms with Crippen LogP contribution in [0.1, 0.15) is 52.7 Å². The Bertz CT molecular complexity index is 1440. The van der Waals surface area contributed by atoms with Gasteiger partial charge in [-0.15, -0.1) is 20.4 Å². The lowest BCUT2D eigenvalue weighted by molar-refractivity contribution is 0.0828. The first-order chi connectivity index (χ1) is 18.1. The minimum Gasteiger partial charge on any atom is -0.507 e. The van der Waals surface area contributed by atoms with Crippen molar-refractivity contribution in [3.8, 4) is 28.4 Å². The summed E-state index contributed by atoms with van der Waals surface area (Å²) in [7, 11) is 1.62. The van der Waals surface area contributed by atoms with Gasteiger partial charge in [0.25, 0.3) is 0 Å². The molecule has 3 aliphatic rings. The predicted octanol–water partition coefficient (Wildman–Crippen LogP) is 2.41. The van der Waals surface area contributed by atoms with Gasteiger partial charge in [0.1, 0.15) is 17.6 Å². The van der Waals surface area contributed by atoms with E-state index in [0.29, 0.717) is 29.8 Å². The van der Waals surface area contributed by atoms with Gasteiger partial charge in [-0.05, 0) is 63.2 Å². The number of tetrazole rings is 1. The van der Waals surface area contributed by atoms with Crippen molar-refractivity contribution < 1.29 is 16.4 Å². The van der Waals surface area contributed by atoms with Crippen LogP contribution >= 0.6 is 0 Å². The molecule has 0 radical (unpaired) electrons. The largest absolute Gasteiger partial charge is 0.507 e. The number of halogens is 1.